The predicted molar refractivity (Wildman–Crippen MR) is 67.7 cm³/mol. The summed E-state index contributed by atoms with van der Waals surface area (Å²) in [5, 5.41) is 0. The Morgan fingerprint density at radius 3 is 3.06 bits per heavy atom. The Kier molecular flexibility index (Phi) is 3.30. The Bertz CT molecular complexity index is 418. The highest BCUT2D eigenvalue weighted by atomic mass is 14.8. The first-order chi connectivity index (χ1) is 7.79. The standard InChI is InChI=1S/C14H16N2/c1-14(9-4-2-5-10-14)16-12-8-13-7-3-6-11-15-13/h2-7,9,11-12H,8,10H2,1H3. The molecular weight excluding hydrogens is 196 g/mol. The number of hydrogen-bond donors (Lipinski definition) is 0. The van der Waals surface area contributed by atoms with Gasteiger partial charge in [-0.3, -0.25) is 9.98 Å². The average molecular weight is 212 g/mol. The van der Waals surface area contributed by atoms with Gasteiger partial charge < -0.3 is 0 Å². The number of nitrogens with zero attached hydrogens (tertiary/aromatic N) is 2. The molecule has 1 aromatic rings. The first-order valence-electron chi connectivity index (χ1n) is 5.56. The summed E-state index contributed by atoms with van der Waals surface area (Å²) in [5.41, 5.74) is 0.994. The van der Waals surface area contributed by atoms with E-state index in [2.05, 4.69) is 41.2 Å². The number of pyridine rings is 1. The third-order valence-corrected chi connectivity index (χ3v) is 2.65. The Balaban J connectivity index is 1.95. The van der Waals surface area contributed by atoms with Crippen molar-refractivity contribution in [2.75, 3.05) is 0 Å². The van der Waals surface area contributed by atoms with Crippen molar-refractivity contribution in [3.05, 3.63) is 54.4 Å². The molecule has 0 bridgehead atoms. The van der Waals surface area contributed by atoms with Gasteiger partial charge in [-0.05, 0) is 25.5 Å². The lowest BCUT2D eigenvalue weighted by atomic mass is 9.94. The fraction of sp³-hybridized carbons (Fsp3) is 0.286. The van der Waals surface area contributed by atoms with Gasteiger partial charge in [-0.2, -0.15) is 0 Å². The van der Waals surface area contributed by atoms with E-state index in [1.165, 1.54) is 0 Å². The van der Waals surface area contributed by atoms with E-state index < -0.39 is 0 Å². The van der Waals surface area contributed by atoms with E-state index in [1.807, 2.05) is 30.6 Å². The van der Waals surface area contributed by atoms with Crippen molar-refractivity contribution in [1.82, 2.24) is 4.98 Å². The minimum Gasteiger partial charge on any atom is -0.286 e. The van der Waals surface area contributed by atoms with Crippen LogP contribution in [0.4, 0.5) is 0 Å². The Morgan fingerprint density at radius 1 is 1.44 bits per heavy atom. The number of rotatable bonds is 3. The molecule has 82 valence electrons. The summed E-state index contributed by atoms with van der Waals surface area (Å²) in [6, 6.07) is 5.95. The van der Waals surface area contributed by atoms with Gasteiger partial charge in [0.1, 0.15) is 0 Å². The normalized spacial score (nSPS) is 24.1. The lowest BCUT2D eigenvalue weighted by molar-refractivity contribution is 0.594. The van der Waals surface area contributed by atoms with Gasteiger partial charge in [0.05, 0.1) is 5.54 Å². The van der Waals surface area contributed by atoms with Crippen molar-refractivity contribution in [1.29, 1.82) is 0 Å². The number of hydrogen-bond acceptors (Lipinski definition) is 2. The van der Waals surface area contributed by atoms with Crippen LogP contribution in [-0.2, 0) is 6.42 Å². The predicted octanol–water partition coefficient (Wildman–Crippen LogP) is 2.97. The van der Waals surface area contributed by atoms with E-state index in [0.717, 1.165) is 18.5 Å². The summed E-state index contributed by atoms with van der Waals surface area (Å²) < 4.78 is 0. The van der Waals surface area contributed by atoms with Crippen LogP contribution in [0.15, 0.2) is 53.7 Å². The molecule has 16 heavy (non-hydrogen) atoms. The Morgan fingerprint density at radius 2 is 2.38 bits per heavy atom. The molecule has 0 fully saturated rings. The van der Waals surface area contributed by atoms with Gasteiger partial charge in [0.15, 0.2) is 0 Å². The smallest absolute Gasteiger partial charge is 0.0793 e. The Labute approximate surface area is 96.4 Å². The third kappa shape index (κ3) is 2.89. The van der Waals surface area contributed by atoms with Gasteiger partial charge in [0.2, 0.25) is 0 Å². The molecule has 0 saturated heterocycles. The number of aliphatic imine (C=N–C) groups is 1. The monoisotopic (exact) mass is 212 g/mol. The summed E-state index contributed by atoms with van der Waals surface area (Å²) in [6.07, 6.45) is 14.0. The molecule has 1 aliphatic rings. The molecule has 0 N–H and O–H groups in total. The lowest BCUT2D eigenvalue weighted by Gasteiger charge is -2.21. The molecule has 1 atom stereocenters. The average Bonchev–Trinajstić information content (AvgIpc) is 2.31. The van der Waals surface area contributed by atoms with Crippen LogP contribution in [0.5, 0.6) is 0 Å². The van der Waals surface area contributed by atoms with Crippen molar-refractivity contribution < 1.29 is 0 Å². The fourth-order valence-electron chi connectivity index (χ4n) is 1.68. The zero-order valence-electron chi connectivity index (χ0n) is 9.50. The molecule has 0 aromatic carbocycles. The molecule has 0 aliphatic heterocycles. The second kappa shape index (κ2) is 4.88. The minimum absolute atomic E-state index is 0.0659. The van der Waals surface area contributed by atoms with Gasteiger partial charge >= 0.3 is 0 Å². The van der Waals surface area contributed by atoms with Crippen molar-refractivity contribution in [2.24, 2.45) is 4.99 Å². The quantitative estimate of drug-likeness (QED) is 0.707. The van der Waals surface area contributed by atoms with E-state index in [0.29, 0.717) is 0 Å². The Hall–Kier alpha value is -1.70. The largest absolute Gasteiger partial charge is 0.286 e. The van der Waals surface area contributed by atoms with Crippen molar-refractivity contribution >= 4 is 6.21 Å². The highest BCUT2D eigenvalue weighted by molar-refractivity contribution is 5.61. The number of allylic oxidation sites excluding steroid dienone is 2. The van der Waals surface area contributed by atoms with Crippen LogP contribution in [0, 0.1) is 0 Å². The zero-order valence-corrected chi connectivity index (χ0v) is 9.50. The number of aromatic nitrogens is 1. The summed E-state index contributed by atoms with van der Waals surface area (Å²) in [5.74, 6) is 0. The van der Waals surface area contributed by atoms with Gasteiger partial charge in [0.25, 0.3) is 0 Å². The van der Waals surface area contributed by atoms with E-state index in [1.54, 1.807) is 0 Å². The summed E-state index contributed by atoms with van der Waals surface area (Å²) in [7, 11) is 0. The lowest BCUT2D eigenvalue weighted by Crippen LogP contribution is -2.19. The molecule has 2 rings (SSSR count). The van der Waals surface area contributed by atoms with E-state index in [9.17, 15) is 0 Å². The van der Waals surface area contributed by atoms with Crippen LogP contribution in [0.2, 0.25) is 0 Å². The first-order valence-corrected chi connectivity index (χ1v) is 5.56. The highest BCUT2D eigenvalue weighted by Gasteiger charge is 2.17. The maximum absolute atomic E-state index is 4.61. The summed E-state index contributed by atoms with van der Waals surface area (Å²) in [4.78, 5) is 8.87. The van der Waals surface area contributed by atoms with E-state index in [-0.39, 0.29) is 5.54 Å². The van der Waals surface area contributed by atoms with Crippen molar-refractivity contribution in [3.63, 3.8) is 0 Å². The van der Waals surface area contributed by atoms with E-state index >= 15 is 0 Å². The van der Waals surface area contributed by atoms with Crippen LogP contribution >= 0.6 is 0 Å². The topological polar surface area (TPSA) is 25.2 Å². The van der Waals surface area contributed by atoms with Gasteiger partial charge in [-0.1, -0.05) is 30.4 Å². The highest BCUT2D eigenvalue weighted by Crippen LogP contribution is 2.20. The molecule has 2 heteroatoms. The van der Waals surface area contributed by atoms with E-state index in [4.69, 9.17) is 0 Å². The third-order valence-electron chi connectivity index (χ3n) is 2.65. The SMILES string of the molecule is CC1(N=CCc2ccccn2)C=CC=CC1. The molecule has 1 aromatic heterocycles. The summed E-state index contributed by atoms with van der Waals surface area (Å²) >= 11 is 0. The van der Waals surface area contributed by atoms with Gasteiger partial charge in [-0.15, -0.1) is 0 Å². The fourth-order valence-corrected chi connectivity index (χ4v) is 1.68. The molecule has 0 spiro atoms. The first kappa shape index (κ1) is 10.8. The zero-order chi connectivity index (χ0) is 11.3. The van der Waals surface area contributed by atoms with Crippen LogP contribution in [0.25, 0.3) is 0 Å². The van der Waals surface area contributed by atoms with Crippen LogP contribution in [-0.4, -0.2) is 16.7 Å². The molecule has 1 heterocycles. The second-order valence-electron chi connectivity index (χ2n) is 4.19. The molecule has 2 nitrogen and oxygen atoms in total. The molecular formula is C14H16N2. The maximum Gasteiger partial charge on any atom is 0.0793 e. The van der Waals surface area contributed by atoms with Crippen molar-refractivity contribution in [3.8, 4) is 0 Å². The van der Waals surface area contributed by atoms with Crippen LogP contribution < -0.4 is 0 Å². The molecule has 0 radical (unpaired) electrons. The molecule has 0 saturated carbocycles. The van der Waals surface area contributed by atoms with Gasteiger partial charge in [-0.25, -0.2) is 0 Å². The maximum atomic E-state index is 4.61. The van der Waals surface area contributed by atoms with Crippen LogP contribution in [0.1, 0.15) is 19.0 Å². The van der Waals surface area contributed by atoms with Gasteiger partial charge in [0, 0.05) is 24.5 Å². The molecule has 1 aliphatic carbocycles. The molecule has 1 unspecified atom stereocenters. The molecule has 0 amide bonds. The minimum atomic E-state index is -0.0659. The van der Waals surface area contributed by atoms with Crippen molar-refractivity contribution in [2.45, 2.75) is 25.3 Å². The summed E-state index contributed by atoms with van der Waals surface area (Å²) in [6.45, 7) is 2.14. The van der Waals surface area contributed by atoms with Crippen LogP contribution in [0.3, 0.4) is 0 Å². The second-order valence-corrected chi connectivity index (χ2v) is 4.19.